The van der Waals surface area contributed by atoms with Crippen molar-refractivity contribution in [2.24, 2.45) is 34.5 Å². The van der Waals surface area contributed by atoms with Crippen molar-refractivity contribution in [3.8, 4) is 6.07 Å². The van der Waals surface area contributed by atoms with E-state index in [2.05, 4.69) is 26.0 Å². The zero-order valence-electron chi connectivity index (χ0n) is 14.4. The van der Waals surface area contributed by atoms with Crippen molar-refractivity contribution < 1.29 is 0 Å². The lowest BCUT2D eigenvalue weighted by atomic mass is 9.47. The molecule has 4 aliphatic rings. The smallest absolute Gasteiger partial charge is 0.0624 e. The molecule has 0 saturated heterocycles. The molecular formula is C21H31N. The van der Waals surface area contributed by atoms with Crippen molar-refractivity contribution >= 4 is 0 Å². The second-order valence-corrected chi connectivity index (χ2v) is 9.15. The zero-order valence-corrected chi connectivity index (χ0v) is 14.4. The molecule has 0 aliphatic heterocycles. The highest BCUT2D eigenvalue weighted by molar-refractivity contribution is 5.24. The van der Waals surface area contributed by atoms with Gasteiger partial charge >= 0.3 is 0 Å². The van der Waals surface area contributed by atoms with E-state index in [-0.39, 0.29) is 0 Å². The zero-order chi connectivity index (χ0) is 15.4. The van der Waals surface area contributed by atoms with Gasteiger partial charge in [-0.25, -0.2) is 0 Å². The normalized spacial score (nSPS) is 50.3. The van der Waals surface area contributed by atoms with E-state index >= 15 is 0 Å². The first-order valence-corrected chi connectivity index (χ1v) is 9.66. The molecule has 0 radical (unpaired) electrons. The van der Waals surface area contributed by atoms with Gasteiger partial charge in [0.2, 0.25) is 0 Å². The Balaban J connectivity index is 1.65. The summed E-state index contributed by atoms with van der Waals surface area (Å²) >= 11 is 0. The summed E-state index contributed by atoms with van der Waals surface area (Å²) in [7, 11) is 0. The van der Waals surface area contributed by atoms with Gasteiger partial charge in [-0.1, -0.05) is 31.9 Å². The number of hydrogen-bond acceptors (Lipinski definition) is 1. The molecule has 0 aromatic heterocycles. The SMILES string of the molecule is C[C@]12CC[C@H]3[C@@H](CC=C4CCCC[C@@]43C)[C@@H]1CC[C@@H]2CC#N. The van der Waals surface area contributed by atoms with E-state index in [1.54, 1.807) is 0 Å². The minimum atomic E-state index is 0.466. The number of rotatable bonds is 1. The number of fused-ring (bicyclic) bond motifs is 5. The summed E-state index contributed by atoms with van der Waals surface area (Å²) < 4.78 is 0. The van der Waals surface area contributed by atoms with E-state index in [1.165, 1.54) is 57.8 Å². The third-order valence-corrected chi connectivity index (χ3v) is 8.55. The van der Waals surface area contributed by atoms with Gasteiger partial charge in [-0.15, -0.1) is 0 Å². The number of nitriles is 1. The van der Waals surface area contributed by atoms with Gasteiger partial charge in [0.05, 0.1) is 6.07 Å². The van der Waals surface area contributed by atoms with E-state index in [1.807, 2.05) is 5.57 Å². The molecule has 0 aromatic carbocycles. The Morgan fingerprint density at radius 1 is 1.14 bits per heavy atom. The number of allylic oxidation sites excluding steroid dienone is 2. The molecule has 6 atom stereocenters. The third kappa shape index (κ3) is 1.88. The van der Waals surface area contributed by atoms with Crippen LogP contribution in [-0.4, -0.2) is 0 Å². The topological polar surface area (TPSA) is 23.8 Å². The molecule has 1 heteroatoms. The summed E-state index contributed by atoms with van der Waals surface area (Å²) in [5, 5.41) is 9.20. The van der Waals surface area contributed by atoms with Gasteiger partial charge in [0.25, 0.3) is 0 Å². The molecule has 3 saturated carbocycles. The lowest BCUT2D eigenvalue weighted by Gasteiger charge is -2.57. The molecule has 3 fully saturated rings. The van der Waals surface area contributed by atoms with Crippen LogP contribution in [-0.2, 0) is 0 Å². The molecule has 0 unspecified atom stereocenters. The largest absolute Gasteiger partial charge is 0.198 e. The molecule has 22 heavy (non-hydrogen) atoms. The standard InChI is InChI=1S/C21H31N/c1-20-12-4-3-5-15(20)6-8-17-18-9-7-16(11-14-22)21(18,2)13-10-19(17)20/h6,16-19H,3-5,7-13H2,1-2H3/t16-,17+,18+,19+,20+,21-/m1/s1. The first-order chi connectivity index (χ1) is 10.6. The molecule has 4 aliphatic carbocycles. The molecule has 0 N–H and O–H groups in total. The maximum Gasteiger partial charge on any atom is 0.0624 e. The second-order valence-electron chi connectivity index (χ2n) is 9.15. The number of nitrogens with zero attached hydrogens (tertiary/aromatic N) is 1. The summed E-state index contributed by atoms with van der Waals surface area (Å²) in [4.78, 5) is 0. The average Bonchev–Trinajstić information content (AvgIpc) is 2.84. The summed E-state index contributed by atoms with van der Waals surface area (Å²) in [6.45, 7) is 5.13. The highest BCUT2D eigenvalue weighted by Gasteiger charge is 2.57. The van der Waals surface area contributed by atoms with E-state index in [9.17, 15) is 5.26 Å². The third-order valence-electron chi connectivity index (χ3n) is 8.55. The highest BCUT2D eigenvalue weighted by Crippen LogP contribution is 2.66. The van der Waals surface area contributed by atoms with Crippen molar-refractivity contribution in [1.82, 2.24) is 0 Å². The maximum atomic E-state index is 9.20. The Bertz CT molecular complexity index is 527. The van der Waals surface area contributed by atoms with Crippen molar-refractivity contribution in [3.05, 3.63) is 11.6 Å². The van der Waals surface area contributed by atoms with Crippen molar-refractivity contribution in [2.45, 2.75) is 78.1 Å². The van der Waals surface area contributed by atoms with E-state index in [0.717, 1.165) is 24.2 Å². The van der Waals surface area contributed by atoms with Gasteiger partial charge in [-0.2, -0.15) is 5.26 Å². The monoisotopic (exact) mass is 297 g/mol. The van der Waals surface area contributed by atoms with Crippen LogP contribution in [0.25, 0.3) is 0 Å². The quantitative estimate of drug-likeness (QED) is 0.555. The van der Waals surface area contributed by atoms with Crippen molar-refractivity contribution in [3.63, 3.8) is 0 Å². The van der Waals surface area contributed by atoms with Gasteiger partial charge in [-0.05, 0) is 85.9 Å². The molecule has 0 spiro atoms. The first-order valence-electron chi connectivity index (χ1n) is 9.66. The molecule has 0 aromatic rings. The van der Waals surface area contributed by atoms with Crippen LogP contribution in [0.3, 0.4) is 0 Å². The van der Waals surface area contributed by atoms with Crippen LogP contribution in [0.2, 0.25) is 0 Å². The minimum absolute atomic E-state index is 0.466. The predicted molar refractivity (Wildman–Crippen MR) is 90.0 cm³/mol. The Morgan fingerprint density at radius 3 is 2.82 bits per heavy atom. The van der Waals surface area contributed by atoms with Crippen LogP contribution >= 0.6 is 0 Å². The molecule has 120 valence electrons. The Morgan fingerprint density at radius 2 is 2.00 bits per heavy atom. The number of hydrogen-bond donors (Lipinski definition) is 0. The van der Waals surface area contributed by atoms with E-state index in [4.69, 9.17) is 0 Å². The van der Waals surface area contributed by atoms with Crippen LogP contribution < -0.4 is 0 Å². The first kappa shape index (κ1) is 14.8. The fourth-order valence-electron chi connectivity index (χ4n) is 7.25. The molecule has 0 bridgehead atoms. The Kier molecular flexibility index (Phi) is 3.44. The van der Waals surface area contributed by atoms with Crippen molar-refractivity contribution in [2.75, 3.05) is 0 Å². The molecular weight excluding hydrogens is 266 g/mol. The van der Waals surface area contributed by atoms with Gasteiger partial charge in [0.1, 0.15) is 0 Å². The van der Waals surface area contributed by atoms with Crippen molar-refractivity contribution in [1.29, 1.82) is 5.26 Å². The summed E-state index contributed by atoms with van der Waals surface area (Å²) in [6.07, 6.45) is 16.0. The van der Waals surface area contributed by atoms with Crippen LogP contribution in [0.15, 0.2) is 11.6 Å². The van der Waals surface area contributed by atoms with Gasteiger partial charge in [-0.3, -0.25) is 0 Å². The molecule has 4 rings (SSSR count). The molecule has 0 amide bonds. The molecule has 0 heterocycles. The van der Waals surface area contributed by atoms with Gasteiger partial charge in [0, 0.05) is 6.42 Å². The molecule has 1 nitrogen and oxygen atoms in total. The fourth-order valence-corrected chi connectivity index (χ4v) is 7.25. The maximum absolute atomic E-state index is 9.20. The fraction of sp³-hybridized carbons (Fsp3) is 0.857. The van der Waals surface area contributed by atoms with Crippen LogP contribution in [0.4, 0.5) is 0 Å². The van der Waals surface area contributed by atoms with Gasteiger partial charge in [0.15, 0.2) is 0 Å². The van der Waals surface area contributed by atoms with Crippen LogP contribution in [0, 0.1) is 45.8 Å². The minimum Gasteiger partial charge on any atom is -0.198 e. The van der Waals surface area contributed by atoms with E-state index in [0.29, 0.717) is 16.7 Å². The Labute approximate surface area is 136 Å². The van der Waals surface area contributed by atoms with Crippen LogP contribution in [0.1, 0.15) is 78.1 Å². The summed E-state index contributed by atoms with van der Waals surface area (Å²) in [5.74, 6) is 3.41. The highest BCUT2D eigenvalue weighted by atomic mass is 14.6. The summed E-state index contributed by atoms with van der Waals surface area (Å²) in [6, 6.07) is 2.48. The predicted octanol–water partition coefficient (Wildman–Crippen LogP) is 5.87. The van der Waals surface area contributed by atoms with E-state index < -0.39 is 0 Å². The van der Waals surface area contributed by atoms with Crippen LogP contribution in [0.5, 0.6) is 0 Å². The average molecular weight is 297 g/mol. The van der Waals surface area contributed by atoms with Gasteiger partial charge < -0.3 is 0 Å². The lowest BCUT2D eigenvalue weighted by molar-refractivity contribution is -0.0403. The Hall–Kier alpha value is -0.770. The summed E-state index contributed by atoms with van der Waals surface area (Å²) in [5.41, 5.74) is 2.80. The second kappa shape index (κ2) is 5.12. The lowest BCUT2D eigenvalue weighted by Crippen LogP contribution is -2.49.